The summed E-state index contributed by atoms with van der Waals surface area (Å²) in [7, 11) is 0. The van der Waals surface area contributed by atoms with Crippen molar-refractivity contribution in [3.8, 4) is 0 Å². The van der Waals surface area contributed by atoms with Crippen LogP contribution in [0.5, 0.6) is 0 Å². The van der Waals surface area contributed by atoms with Crippen LogP contribution in [0.1, 0.15) is 25.7 Å². The van der Waals surface area contributed by atoms with Crippen LogP contribution in [0.4, 0.5) is 32.3 Å². The molecule has 6 amide bonds. The molecule has 2 N–H and O–H groups in total. The fraction of sp³-hybridized carbons (Fsp3) is 0.214. The second-order valence-corrected chi connectivity index (χ2v) is 8.72. The summed E-state index contributed by atoms with van der Waals surface area (Å²) in [6, 6.07) is 12.5. The molecule has 0 saturated heterocycles. The Morgan fingerprint density at radius 3 is 1.18 bits per heavy atom. The van der Waals surface area contributed by atoms with Gasteiger partial charge < -0.3 is 9.47 Å². The summed E-state index contributed by atoms with van der Waals surface area (Å²) in [5.74, 6) is -1.68. The van der Waals surface area contributed by atoms with Crippen molar-refractivity contribution in [1.29, 1.82) is 0 Å². The third-order valence-corrected chi connectivity index (χ3v) is 5.87. The number of amides is 6. The van der Waals surface area contributed by atoms with Gasteiger partial charge in [0.1, 0.15) is 0 Å². The first kappa shape index (κ1) is 27.8. The van der Waals surface area contributed by atoms with E-state index >= 15 is 0 Å². The third-order valence-electron chi connectivity index (χ3n) is 5.87. The zero-order chi connectivity index (χ0) is 28.5. The van der Waals surface area contributed by atoms with Gasteiger partial charge in [-0.15, -0.1) is 0 Å². The Kier molecular flexibility index (Phi) is 9.03. The average Bonchev–Trinajstić information content (AvgIpc) is 3.45. The number of anilines is 4. The monoisotopic (exact) mass is 546 g/mol. The number of nitrogens with zero attached hydrogens (tertiary/aromatic N) is 2. The van der Waals surface area contributed by atoms with Crippen molar-refractivity contribution >= 4 is 58.6 Å². The van der Waals surface area contributed by atoms with Gasteiger partial charge in [0.05, 0.1) is 24.6 Å². The lowest BCUT2D eigenvalue weighted by atomic mass is 10.2. The lowest BCUT2D eigenvalue weighted by Crippen LogP contribution is -2.29. The maximum absolute atomic E-state index is 12.0. The van der Waals surface area contributed by atoms with Gasteiger partial charge in [-0.25, -0.2) is 19.4 Å². The summed E-state index contributed by atoms with van der Waals surface area (Å²) in [6.45, 7) is 0.433. The molecule has 0 saturated carbocycles. The van der Waals surface area contributed by atoms with E-state index in [0.29, 0.717) is 35.6 Å². The van der Waals surface area contributed by atoms with Crippen molar-refractivity contribution in [3.05, 3.63) is 72.8 Å². The highest BCUT2D eigenvalue weighted by molar-refractivity contribution is 6.28. The predicted molar refractivity (Wildman–Crippen MR) is 145 cm³/mol. The molecule has 12 nitrogen and oxygen atoms in total. The molecule has 40 heavy (non-hydrogen) atoms. The van der Waals surface area contributed by atoms with Crippen LogP contribution in [0.25, 0.3) is 0 Å². The second kappa shape index (κ2) is 13.0. The van der Waals surface area contributed by atoms with Crippen molar-refractivity contribution in [2.24, 2.45) is 0 Å². The van der Waals surface area contributed by atoms with Crippen LogP contribution < -0.4 is 20.4 Å². The molecule has 2 aliphatic heterocycles. The number of imide groups is 2. The number of rotatable bonds is 11. The molecule has 0 aliphatic carbocycles. The average molecular weight is 547 g/mol. The van der Waals surface area contributed by atoms with Crippen LogP contribution >= 0.6 is 0 Å². The number of ether oxygens (including phenoxy) is 2. The van der Waals surface area contributed by atoms with E-state index in [0.717, 1.165) is 22.6 Å². The van der Waals surface area contributed by atoms with Crippen LogP contribution in [-0.2, 0) is 28.7 Å². The predicted octanol–water partition coefficient (Wildman–Crippen LogP) is 3.90. The van der Waals surface area contributed by atoms with E-state index in [4.69, 9.17) is 9.47 Å². The molecule has 0 radical (unpaired) electrons. The maximum atomic E-state index is 12.0. The van der Waals surface area contributed by atoms with E-state index in [2.05, 4.69) is 10.6 Å². The zero-order valence-corrected chi connectivity index (χ0v) is 21.3. The number of hydrogen-bond donors (Lipinski definition) is 2. The van der Waals surface area contributed by atoms with Crippen LogP contribution in [-0.4, -0.2) is 49.0 Å². The highest BCUT2D eigenvalue weighted by Gasteiger charge is 2.25. The van der Waals surface area contributed by atoms with Gasteiger partial charge in [0.25, 0.3) is 23.6 Å². The number of nitrogens with one attached hydrogen (secondary N) is 2. The summed E-state index contributed by atoms with van der Waals surface area (Å²) < 4.78 is 10.3. The number of unbranched alkanes of at least 4 members (excludes halogenated alkanes) is 3. The Hall–Kier alpha value is -5.26. The van der Waals surface area contributed by atoms with Gasteiger partial charge in [-0.05, 0) is 74.2 Å². The van der Waals surface area contributed by atoms with E-state index in [1.54, 1.807) is 48.5 Å². The van der Waals surface area contributed by atoms with Gasteiger partial charge in [-0.1, -0.05) is 0 Å². The van der Waals surface area contributed by atoms with Crippen molar-refractivity contribution in [3.63, 3.8) is 0 Å². The lowest BCUT2D eigenvalue weighted by Gasteiger charge is -2.14. The molecular formula is C28H26N4O8. The molecule has 12 heteroatoms. The van der Waals surface area contributed by atoms with Crippen LogP contribution in [0.3, 0.4) is 0 Å². The Morgan fingerprint density at radius 1 is 0.525 bits per heavy atom. The molecule has 2 aliphatic rings. The van der Waals surface area contributed by atoms with E-state index < -0.39 is 35.8 Å². The van der Waals surface area contributed by atoms with Crippen molar-refractivity contribution in [2.45, 2.75) is 25.7 Å². The molecule has 0 spiro atoms. The van der Waals surface area contributed by atoms with E-state index in [9.17, 15) is 28.8 Å². The largest absolute Gasteiger partial charge is 0.449 e. The first-order chi connectivity index (χ1) is 19.3. The first-order valence-electron chi connectivity index (χ1n) is 12.5. The minimum absolute atomic E-state index is 0.217. The topological polar surface area (TPSA) is 151 Å². The minimum Gasteiger partial charge on any atom is -0.449 e. The van der Waals surface area contributed by atoms with Gasteiger partial charge >= 0.3 is 12.2 Å². The molecule has 0 aromatic heterocycles. The molecule has 0 fully saturated rings. The molecular weight excluding hydrogens is 520 g/mol. The van der Waals surface area contributed by atoms with Gasteiger partial charge in [0, 0.05) is 35.7 Å². The van der Waals surface area contributed by atoms with Gasteiger partial charge in [-0.2, -0.15) is 0 Å². The van der Waals surface area contributed by atoms with Crippen LogP contribution in [0, 0.1) is 0 Å². The quantitative estimate of drug-likeness (QED) is 0.318. The van der Waals surface area contributed by atoms with Crippen molar-refractivity contribution in [2.75, 3.05) is 33.6 Å². The van der Waals surface area contributed by atoms with Gasteiger partial charge in [0.15, 0.2) is 0 Å². The van der Waals surface area contributed by atoms with E-state index in [1.165, 1.54) is 24.3 Å². The number of hydrogen-bond acceptors (Lipinski definition) is 8. The Labute approximate surface area is 229 Å². The van der Waals surface area contributed by atoms with Gasteiger partial charge in [-0.3, -0.25) is 29.8 Å². The Balaban J connectivity index is 1.04. The molecule has 2 aromatic carbocycles. The third kappa shape index (κ3) is 7.19. The highest BCUT2D eigenvalue weighted by atomic mass is 16.6. The Morgan fingerprint density at radius 2 is 0.850 bits per heavy atom. The molecule has 0 unspecified atom stereocenters. The summed E-state index contributed by atoms with van der Waals surface area (Å²) >= 11 is 0. The standard InChI is InChI=1S/C28H26N4O8/c33-23-13-14-24(34)31(23)21-9-5-19(6-10-21)29-27(37)39-17-3-1-2-4-18-40-28(38)30-20-7-11-22(12-8-20)32-25(35)15-16-26(32)36/h5-16H,1-4,17-18H2,(H,29,37)(H,30,38). The fourth-order valence-electron chi connectivity index (χ4n) is 3.89. The first-order valence-corrected chi connectivity index (χ1v) is 12.5. The van der Waals surface area contributed by atoms with Crippen LogP contribution in [0.15, 0.2) is 72.8 Å². The van der Waals surface area contributed by atoms with E-state index in [1.807, 2.05) is 0 Å². The summed E-state index contributed by atoms with van der Waals surface area (Å²) in [5, 5.41) is 5.16. The van der Waals surface area contributed by atoms with Crippen molar-refractivity contribution < 1.29 is 38.2 Å². The highest BCUT2D eigenvalue weighted by Crippen LogP contribution is 2.22. The summed E-state index contributed by atoms with van der Waals surface area (Å²) in [5.41, 5.74) is 1.73. The normalized spacial score (nSPS) is 14.2. The fourth-order valence-corrected chi connectivity index (χ4v) is 3.89. The summed E-state index contributed by atoms with van der Waals surface area (Å²) in [4.78, 5) is 72.9. The van der Waals surface area contributed by atoms with Gasteiger partial charge in [0.2, 0.25) is 0 Å². The summed E-state index contributed by atoms with van der Waals surface area (Å²) in [6.07, 6.45) is 6.35. The SMILES string of the molecule is O=C(Nc1ccc(N2C(=O)C=CC2=O)cc1)OCCCCCCOC(=O)Nc1ccc(N2C(=O)C=CC2=O)cc1. The van der Waals surface area contributed by atoms with E-state index in [-0.39, 0.29) is 13.2 Å². The minimum atomic E-state index is -0.619. The maximum Gasteiger partial charge on any atom is 0.411 e. The molecule has 2 aromatic rings. The Bertz CT molecular complexity index is 1220. The zero-order valence-electron chi connectivity index (χ0n) is 21.3. The van der Waals surface area contributed by atoms with Crippen LogP contribution in [0.2, 0.25) is 0 Å². The van der Waals surface area contributed by atoms with Crippen molar-refractivity contribution in [1.82, 2.24) is 0 Å². The molecule has 4 rings (SSSR count). The molecule has 2 heterocycles. The molecule has 0 atom stereocenters. The number of carbonyl (C=O) groups excluding carboxylic acids is 6. The smallest absolute Gasteiger partial charge is 0.411 e. The molecule has 206 valence electrons. The lowest BCUT2D eigenvalue weighted by molar-refractivity contribution is -0.121. The number of carbonyl (C=O) groups is 6. The number of benzene rings is 2. The second-order valence-electron chi connectivity index (χ2n) is 8.72. The molecule has 0 bridgehead atoms.